The molecule has 0 spiro atoms. The summed E-state index contributed by atoms with van der Waals surface area (Å²) in [7, 11) is 1.80. The molecule has 2 aromatic rings. The summed E-state index contributed by atoms with van der Waals surface area (Å²) in [6, 6.07) is 2.11. The molecule has 0 bridgehead atoms. The van der Waals surface area contributed by atoms with Crippen LogP contribution in [0.25, 0.3) is 0 Å². The topological polar surface area (TPSA) is 67.1 Å². The fourth-order valence-electron chi connectivity index (χ4n) is 2.66. The predicted octanol–water partition coefficient (Wildman–Crippen LogP) is 2.37. The molecule has 6 nitrogen and oxygen atoms in total. The van der Waals surface area contributed by atoms with Gasteiger partial charge in [0.2, 0.25) is 0 Å². The lowest BCUT2D eigenvalue weighted by molar-refractivity contribution is 0.555. The molecule has 0 aliphatic rings. The molecule has 0 saturated heterocycles. The zero-order chi connectivity index (χ0) is 17.5. The second-order valence-corrected chi connectivity index (χ2v) is 7.21. The SMILES string of the molecule is CN=C(NCCCn1nc(C)cc1C)NCCc1sc(C)nc1C. The molecule has 2 N–H and O–H groups in total. The van der Waals surface area contributed by atoms with E-state index in [1.54, 1.807) is 18.4 Å². The van der Waals surface area contributed by atoms with Gasteiger partial charge in [-0.3, -0.25) is 9.67 Å². The highest BCUT2D eigenvalue weighted by Crippen LogP contribution is 2.16. The van der Waals surface area contributed by atoms with Crippen LogP contribution in [0.5, 0.6) is 0 Å². The minimum atomic E-state index is 0.849. The summed E-state index contributed by atoms with van der Waals surface area (Å²) >= 11 is 1.77. The van der Waals surface area contributed by atoms with Crippen molar-refractivity contribution >= 4 is 17.3 Å². The van der Waals surface area contributed by atoms with Crippen molar-refractivity contribution < 1.29 is 0 Å². The first-order valence-corrected chi connectivity index (χ1v) is 9.19. The third kappa shape index (κ3) is 5.33. The van der Waals surface area contributed by atoms with Gasteiger partial charge in [-0.1, -0.05) is 0 Å². The minimum absolute atomic E-state index is 0.849. The van der Waals surface area contributed by atoms with Crippen LogP contribution >= 0.6 is 11.3 Å². The summed E-state index contributed by atoms with van der Waals surface area (Å²) in [6.07, 6.45) is 1.99. The third-order valence-corrected chi connectivity index (χ3v) is 4.94. The van der Waals surface area contributed by atoms with E-state index < -0.39 is 0 Å². The van der Waals surface area contributed by atoms with Crippen LogP contribution in [-0.4, -0.2) is 40.9 Å². The number of aromatic nitrogens is 3. The maximum atomic E-state index is 4.48. The van der Waals surface area contributed by atoms with Crippen LogP contribution in [0.3, 0.4) is 0 Å². The summed E-state index contributed by atoms with van der Waals surface area (Å²) in [5, 5.41) is 12.3. The number of hydrogen-bond donors (Lipinski definition) is 2. The van der Waals surface area contributed by atoms with Gasteiger partial charge in [-0.15, -0.1) is 11.3 Å². The van der Waals surface area contributed by atoms with E-state index in [2.05, 4.69) is 57.2 Å². The zero-order valence-corrected chi connectivity index (χ0v) is 16.1. The Hall–Kier alpha value is -1.89. The highest BCUT2D eigenvalue weighted by atomic mass is 32.1. The van der Waals surface area contributed by atoms with Crippen molar-refractivity contribution in [3.8, 4) is 0 Å². The molecule has 0 aromatic carbocycles. The number of aryl methyl sites for hydroxylation is 5. The van der Waals surface area contributed by atoms with Crippen LogP contribution in [0.2, 0.25) is 0 Å². The van der Waals surface area contributed by atoms with Crippen LogP contribution in [0, 0.1) is 27.7 Å². The second kappa shape index (κ2) is 8.82. The Morgan fingerprint density at radius 3 is 2.54 bits per heavy atom. The van der Waals surface area contributed by atoms with Crippen molar-refractivity contribution in [2.75, 3.05) is 20.1 Å². The Morgan fingerprint density at radius 1 is 1.21 bits per heavy atom. The molecule has 7 heteroatoms. The van der Waals surface area contributed by atoms with Crippen molar-refractivity contribution in [1.29, 1.82) is 0 Å². The molecule has 0 aliphatic carbocycles. The normalized spacial score (nSPS) is 11.8. The smallest absolute Gasteiger partial charge is 0.190 e. The van der Waals surface area contributed by atoms with Crippen LogP contribution in [0.1, 0.15) is 33.4 Å². The van der Waals surface area contributed by atoms with Crippen molar-refractivity contribution in [1.82, 2.24) is 25.4 Å². The van der Waals surface area contributed by atoms with Gasteiger partial charge < -0.3 is 10.6 Å². The highest BCUT2D eigenvalue weighted by molar-refractivity contribution is 7.11. The Morgan fingerprint density at radius 2 is 1.96 bits per heavy atom. The largest absolute Gasteiger partial charge is 0.356 e. The van der Waals surface area contributed by atoms with E-state index in [0.29, 0.717) is 0 Å². The standard InChI is InChI=1S/C17H28N6S/c1-12-11-13(2)23(22-12)10-6-8-19-17(18-5)20-9-7-16-14(3)21-15(4)24-16/h11H,6-10H2,1-5H3,(H2,18,19,20). The average Bonchev–Trinajstić information content (AvgIpc) is 3.02. The highest BCUT2D eigenvalue weighted by Gasteiger charge is 2.05. The Kier molecular flexibility index (Phi) is 6.78. The lowest BCUT2D eigenvalue weighted by Gasteiger charge is -2.12. The van der Waals surface area contributed by atoms with Gasteiger partial charge in [0.25, 0.3) is 0 Å². The molecule has 24 heavy (non-hydrogen) atoms. The van der Waals surface area contributed by atoms with Gasteiger partial charge in [-0.05, 0) is 40.2 Å². The van der Waals surface area contributed by atoms with Crippen LogP contribution in [-0.2, 0) is 13.0 Å². The third-order valence-electron chi connectivity index (χ3n) is 3.81. The summed E-state index contributed by atoms with van der Waals surface area (Å²) in [6.45, 7) is 10.9. The summed E-state index contributed by atoms with van der Waals surface area (Å²) in [4.78, 5) is 10.1. The molecule has 0 amide bonds. The molecule has 0 unspecified atom stereocenters. The van der Waals surface area contributed by atoms with Crippen molar-refractivity contribution in [3.63, 3.8) is 0 Å². The van der Waals surface area contributed by atoms with E-state index in [4.69, 9.17) is 0 Å². The first-order valence-electron chi connectivity index (χ1n) is 8.38. The predicted molar refractivity (Wildman–Crippen MR) is 101 cm³/mol. The fourth-order valence-corrected chi connectivity index (χ4v) is 3.59. The molecule has 0 radical (unpaired) electrons. The second-order valence-electron chi connectivity index (χ2n) is 5.92. The lowest BCUT2D eigenvalue weighted by Crippen LogP contribution is -2.39. The summed E-state index contributed by atoms with van der Waals surface area (Å²) < 4.78 is 2.06. The number of hydrogen-bond acceptors (Lipinski definition) is 4. The van der Waals surface area contributed by atoms with E-state index in [0.717, 1.165) is 54.8 Å². The van der Waals surface area contributed by atoms with Crippen molar-refractivity contribution in [2.45, 2.75) is 47.1 Å². The molecule has 2 aromatic heterocycles. The first-order chi connectivity index (χ1) is 11.5. The Bertz CT molecular complexity index is 685. The fraction of sp³-hybridized carbons (Fsp3) is 0.588. The van der Waals surface area contributed by atoms with Gasteiger partial charge in [0, 0.05) is 43.7 Å². The van der Waals surface area contributed by atoms with Gasteiger partial charge in [-0.25, -0.2) is 4.98 Å². The van der Waals surface area contributed by atoms with Gasteiger partial charge in [0.1, 0.15) is 0 Å². The average molecular weight is 349 g/mol. The van der Waals surface area contributed by atoms with E-state index >= 15 is 0 Å². The molecule has 2 rings (SSSR count). The van der Waals surface area contributed by atoms with E-state index in [1.165, 1.54) is 10.6 Å². The van der Waals surface area contributed by atoms with Crippen LogP contribution in [0.4, 0.5) is 0 Å². The number of nitrogens with one attached hydrogen (secondary N) is 2. The Balaban J connectivity index is 1.67. The molecule has 0 saturated carbocycles. The number of guanidine groups is 1. The molecular formula is C17H28N6S. The number of thiazole rings is 1. The lowest BCUT2D eigenvalue weighted by atomic mass is 10.3. The maximum Gasteiger partial charge on any atom is 0.190 e. The quantitative estimate of drug-likeness (QED) is 0.458. The zero-order valence-electron chi connectivity index (χ0n) is 15.3. The van der Waals surface area contributed by atoms with E-state index in [9.17, 15) is 0 Å². The van der Waals surface area contributed by atoms with Gasteiger partial charge >= 0.3 is 0 Å². The molecule has 2 heterocycles. The summed E-state index contributed by atoms with van der Waals surface area (Å²) in [5.41, 5.74) is 3.43. The van der Waals surface area contributed by atoms with Crippen molar-refractivity contribution in [3.05, 3.63) is 33.0 Å². The number of aliphatic imine (C=N–C) groups is 1. The minimum Gasteiger partial charge on any atom is -0.356 e. The van der Waals surface area contributed by atoms with E-state index in [1.807, 2.05) is 6.92 Å². The van der Waals surface area contributed by atoms with Crippen LogP contribution < -0.4 is 10.6 Å². The van der Waals surface area contributed by atoms with Gasteiger partial charge in [0.05, 0.1) is 16.4 Å². The Labute approximate surface area is 148 Å². The number of rotatable bonds is 7. The van der Waals surface area contributed by atoms with Crippen molar-refractivity contribution in [2.24, 2.45) is 4.99 Å². The molecule has 132 valence electrons. The van der Waals surface area contributed by atoms with E-state index in [-0.39, 0.29) is 0 Å². The van der Waals surface area contributed by atoms with Gasteiger partial charge in [-0.2, -0.15) is 5.10 Å². The number of nitrogens with zero attached hydrogens (tertiary/aromatic N) is 4. The first kappa shape index (κ1) is 18.4. The molecular weight excluding hydrogens is 320 g/mol. The maximum absolute atomic E-state index is 4.48. The van der Waals surface area contributed by atoms with Gasteiger partial charge in [0.15, 0.2) is 5.96 Å². The molecule has 0 atom stereocenters. The molecule has 0 aliphatic heterocycles. The van der Waals surface area contributed by atoms with Crippen LogP contribution in [0.15, 0.2) is 11.1 Å². The summed E-state index contributed by atoms with van der Waals surface area (Å²) in [5.74, 6) is 0.849. The molecule has 0 fully saturated rings. The monoisotopic (exact) mass is 348 g/mol.